The lowest BCUT2D eigenvalue weighted by Crippen LogP contribution is -2.32. The van der Waals surface area contributed by atoms with Crippen LogP contribution in [0.25, 0.3) is 0 Å². The minimum Gasteiger partial charge on any atom is -0.312 e. The van der Waals surface area contributed by atoms with Crippen molar-refractivity contribution in [2.24, 2.45) is 0 Å². The Balaban J connectivity index is 2.13. The summed E-state index contributed by atoms with van der Waals surface area (Å²) in [5.74, 6) is 0.417. The van der Waals surface area contributed by atoms with E-state index in [0.717, 1.165) is 11.3 Å². The van der Waals surface area contributed by atoms with E-state index >= 15 is 0 Å². The third-order valence-corrected chi connectivity index (χ3v) is 3.87. The minimum absolute atomic E-state index is 0.183. The molecular weight excluding hydrogens is 258 g/mol. The Hall–Kier alpha value is -2.09. The maximum atomic E-state index is 12.6. The smallest absolute Gasteiger partial charge is 0.227 e. The molecule has 0 fully saturated rings. The molecule has 0 saturated carbocycles. The number of hydrogen-bond acceptors (Lipinski definition) is 1. The van der Waals surface area contributed by atoms with Gasteiger partial charge >= 0.3 is 0 Å². The molecular formula is C19H23NO. The van der Waals surface area contributed by atoms with E-state index in [-0.39, 0.29) is 11.8 Å². The highest BCUT2D eigenvalue weighted by molar-refractivity contribution is 5.94. The van der Waals surface area contributed by atoms with E-state index in [0.29, 0.717) is 13.0 Å². The molecule has 0 aliphatic rings. The molecule has 21 heavy (non-hydrogen) atoms. The molecule has 0 saturated heterocycles. The maximum Gasteiger partial charge on any atom is 0.227 e. The van der Waals surface area contributed by atoms with Gasteiger partial charge in [0.25, 0.3) is 0 Å². The molecule has 1 atom stereocenters. The number of carbonyl (C=O) groups is 1. The Morgan fingerprint density at radius 3 is 2.29 bits per heavy atom. The second kappa shape index (κ2) is 7.07. The average molecular weight is 281 g/mol. The molecule has 2 aromatic rings. The number of rotatable bonds is 5. The van der Waals surface area contributed by atoms with E-state index in [9.17, 15) is 4.79 Å². The molecule has 1 unspecified atom stereocenters. The zero-order chi connectivity index (χ0) is 15.2. The van der Waals surface area contributed by atoms with Crippen LogP contribution in [0.2, 0.25) is 0 Å². The summed E-state index contributed by atoms with van der Waals surface area (Å²) in [5.41, 5.74) is 3.37. The number of para-hydroxylation sites is 1. The monoisotopic (exact) mass is 281 g/mol. The predicted octanol–water partition coefficient (Wildman–Crippen LogP) is 4.54. The van der Waals surface area contributed by atoms with Crippen LogP contribution in [0.5, 0.6) is 0 Å². The van der Waals surface area contributed by atoms with Crippen molar-refractivity contribution >= 4 is 11.6 Å². The highest BCUT2D eigenvalue weighted by atomic mass is 16.2. The van der Waals surface area contributed by atoms with Crippen molar-refractivity contribution in [3.8, 4) is 0 Å². The van der Waals surface area contributed by atoms with Gasteiger partial charge in [-0.25, -0.2) is 0 Å². The molecule has 2 heteroatoms. The van der Waals surface area contributed by atoms with Gasteiger partial charge in [0.1, 0.15) is 0 Å². The summed E-state index contributed by atoms with van der Waals surface area (Å²) in [6, 6.07) is 18.3. The second-order valence-electron chi connectivity index (χ2n) is 5.44. The van der Waals surface area contributed by atoms with Crippen LogP contribution < -0.4 is 4.90 Å². The van der Waals surface area contributed by atoms with Crippen molar-refractivity contribution in [1.82, 2.24) is 0 Å². The lowest BCUT2D eigenvalue weighted by molar-refractivity contribution is -0.118. The summed E-state index contributed by atoms with van der Waals surface area (Å²) in [7, 11) is 0. The largest absolute Gasteiger partial charge is 0.312 e. The summed E-state index contributed by atoms with van der Waals surface area (Å²) in [5, 5.41) is 0. The quantitative estimate of drug-likeness (QED) is 0.787. The first-order chi connectivity index (χ1) is 10.1. The molecule has 0 spiro atoms. The first-order valence-corrected chi connectivity index (χ1v) is 7.54. The molecule has 1 amide bonds. The van der Waals surface area contributed by atoms with Crippen LogP contribution >= 0.6 is 0 Å². The van der Waals surface area contributed by atoms with Gasteiger partial charge in [-0.2, -0.15) is 0 Å². The zero-order valence-corrected chi connectivity index (χ0v) is 13.0. The van der Waals surface area contributed by atoms with Crippen LogP contribution in [-0.4, -0.2) is 12.5 Å². The van der Waals surface area contributed by atoms with Crippen LogP contribution in [0.4, 0.5) is 5.69 Å². The summed E-state index contributed by atoms with van der Waals surface area (Å²) in [6.45, 7) is 6.88. The fourth-order valence-corrected chi connectivity index (χ4v) is 2.62. The summed E-state index contributed by atoms with van der Waals surface area (Å²) >= 11 is 0. The Bertz CT molecular complexity index is 592. The second-order valence-corrected chi connectivity index (χ2v) is 5.44. The molecule has 110 valence electrons. The van der Waals surface area contributed by atoms with Gasteiger partial charge in [0.05, 0.1) is 0 Å². The molecule has 2 nitrogen and oxygen atoms in total. The molecule has 0 radical (unpaired) electrons. The number of benzene rings is 2. The fraction of sp³-hybridized carbons (Fsp3) is 0.316. The van der Waals surface area contributed by atoms with E-state index in [1.54, 1.807) is 0 Å². The topological polar surface area (TPSA) is 20.3 Å². The van der Waals surface area contributed by atoms with Crippen molar-refractivity contribution < 1.29 is 4.79 Å². The summed E-state index contributed by atoms with van der Waals surface area (Å²) in [4.78, 5) is 14.5. The van der Waals surface area contributed by atoms with Crippen molar-refractivity contribution in [2.45, 2.75) is 33.1 Å². The van der Waals surface area contributed by atoms with Gasteiger partial charge in [0, 0.05) is 18.7 Å². The SMILES string of the molecule is CCN(C(=O)CC(C)c1ccccc1)c1ccccc1C. The Kier molecular flexibility index (Phi) is 5.15. The highest BCUT2D eigenvalue weighted by Crippen LogP contribution is 2.24. The van der Waals surface area contributed by atoms with Crippen LogP contribution in [-0.2, 0) is 4.79 Å². The summed E-state index contributed by atoms with van der Waals surface area (Å²) in [6.07, 6.45) is 0.534. The Morgan fingerprint density at radius 1 is 1.05 bits per heavy atom. The van der Waals surface area contributed by atoms with Gasteiger partial charge in [0.2, 0.25) is 5.91 Å². The van der Waals surface area contributed by atoms with E-state index in [1.165, 1.54) is 5.56 Å². The van der Waals surface area contributed by atoms with Gasteiger partial charge in [-0.15, -0.1) is 0 Å². The van der Waals surface area contributed by atoms with Gasteiger partial charge in [-0.1, -0.05) is 55.5 Å². The average Bonchev–Trinajstić information content (AvgIpc) is 2.50. The number of hydrogen-bond donors (Lipinski definition) is 0. The van der Waals surface area contributed by atoms with E-state index in [1.807, 2.05) is 61.2 Å². The molecule has 0 N–H and O–H groups in total. The standard InChI is InChI=1S/C19H23NO/c1-4-20(18-13-9-8-10-15(18)2)19(21)14-16(3)17-11-6-5-7-12-17/h5-13,16H,4,14H2,1-3H3. The number of nitrogens with zero attached hydrogens (tertiary/aromatic N) is 1. The van der Waals surface area contributed by atoms with Crippen LogP contribution in [0, 0.1) is 6.92 Å². The number of aryl methyl sites for hydroxylation is 1. The first kappa shape index (κ1) is 15.3. The van der Waals surface area contributed by atoms with Gasteiger partial charge in [-0.3, -0.25) is 4.79 Å². The van der Waals surface area contributed by atoms with Crippen molar-refractivity contribution in [1.29, 1.82) is 0 Å². The Morgan fingerprint density at radius 2 is 1.67 bits per heavy atom. The molecule has 0 aliphatic carbocycles. The lowest BCUT2D eigenvalue weighted by atomic mass is 9.97. The predicted molar refractivity (Wildman–Crippen MR) is 88.7 cm³/mol. The zero-order valence-electron chi connectivity index (χ0n) is 13.0. The van der Waals surface area contributed by atoms with E-state index in [4.69, 9.17) is 0 Å². The van der Waals surface area contributed by atoms with Crippen LogP contribution in [0.1, 0.15) is 37.3 Å². The van der Waals surface area contributed by atoms with Crippen LogP contribution in [0.3, 0.4) is 0 Å². The van der Waals surface area contributed by atoms with E-state index in [2.05, 4.69) is 19.1 Å². The highest BCUT2D eigenvalue weighted by Gasteiger charge is 2.18. The molecule has 2 rings (SSSR count). The Labute approximate surface area is 127 Å². The van der Waals surface area contributed by atoms with Crippen molar-refractivity contribution in [3.63, 3.8) is 0 Å². The summed E-state index contributed by atoms with van der Waals surface area (Å²) < 4.78 is 0. The van der Waals surface area contributed by atoms with Crippen LogP contribution in [0.15, 0.2) is 54.6 Å². The molecule has 0 aromatic heterocycles. The number of carbonyl (C=O) groups excluding carboxylic acids is 1. The molecule has 0 aliphatic heterocycles. The third kappa shape index (κ3) is 3.72. The van der Waals surface area contributed by atoms with Gasteiger partial charge in [-0.05, 0) is 37.0 Å². The molecule has 2 aromatic carbocycles. The normalized spacial score (nSPS) is 12.0. The number of anilines is 1. The van der Waals surface area contributed by atoms with Gasteiger partial charge < -0.3 is 4.90 Å². The minimum atomic E-state index is 0.183. The fourth-order valence-electron chi connectivity index (χ4n) is 2.62. The van der Waals surface area contributed by atoms with E-state index < -0.39 is 0 Å². The van der Waals surface area contributed by atoms with Crippen molar-refractivity contribution in [3.05, 3.63) is 65.7 Å². The first-order valence-electron chi connectivity index (χ1n) is 7.54. The lowest BCUT2D eigenvalue weighted by Gasteiger charge is -2.24. The number of amides is 1. The maximum absolute atomic E-state index is 12.6. The molecule has 0 bridgehead atoms. The van der Waals surface area contributed by atoms with Gasteiger partial charge in [0.15, 0.2) is 0 Å². The third-order valence-electron chi connectivity index (χ3n) is 3.87. The van der Waals surface area contributed by atoms with Crippen molar-refractivity contribution in [2.75, 3.05) is 11.4 Å². The molecule has 0 heterocycles.